The van der Waals surface area contributed by atoms with E-state index in [9.17, 15) is 19.2 Å². The summed E-state index contributed by atoms with van der Waals surface area (Å²) >= 11 is 22.0. The third kappa shape index (κ3) is 91.8. The minimum absolute atomic E-state index is 0. The van der Waals surface area contributed by atoms with Crippen LogP contribution in [0, 0.1) is 4.77 Å². The summed E-state index contributed by atoms with van der Waals surface area (Å²) in [7, 11) is -15.7. The number of hydrogen-bond donors (Lipinski definition) is 2. The molecule has 0 aliphatic heterocycles. The number of aromatic nitrogens is 8. The standard InChI is InChI=1S/C16H30N2O2SSi2.C16H34O3Si2.C12H22N2OSSi2.C8H13ClN2SSi.C8H18OSi2.C7H16ClNOSi.C4H4N2S.8CH4/c1-15(19)9-6-7-13-22(2,3)20-23(4,5)14-12-21-16-17-10-8-11-18-16;1-15(17)11-7-9-13-20(3,4)19-21(5,6)14-10-8-12-16(2)18;1-6-17(2,3)15-18(4,5)11-10-16-12-13-8-7-9-14-12;1-13(2,9)7-6-12-8-10-4-3-5-11-8;1-7-10(3,4)9-11(5,6)8-2;1-7(10)9-5-4-6-11(2,3)8;7-4-5-2-1-3-6-4;;;;;;;;/h8,10-11H,6-7,9,12-14H2,1-5H3;7-14H2,1-6H3;6-9H,1,10-11H2,2-5H3;3-5H,6-7H2,1-2H3;7-8H,1-2H2,3-6H3;4-6H2,1-3H3,(H,9,10);1-3H,(H,5,6,7);8*1H4. The molecule has 0 unspecified atom stereocenters. The molecule has 0 aromatic carbocycles. The van der Waals surface area contributed by atoms with Crippen molar-refractivity contribution >= 4 is 174 Å². The van der Waals surface area contributed by atoms with E-state index in [1.165, 1.54) is 6.92 Å². The summed E-state index contributed by atoms with van der Waals surface area (Å²) in [6.07, 6.45) is 23.5. The minimum atomic E-state index is -1.66. The Balaban J connectivity index is -0.000000120. The van der Waals surface area contributed by atoms with E-state index in [1.807, 2.05) is 35.3 Å². The van der Waals surface area contributed by atoms with E-state index in [2.05, 4.69) is 208 Å². The molecule has 112 heavy (non-hydrogen) atoms. The van der Waals surface area contributed by atoms with Crippen molar-refractivity contribution in [2.24, 2.45) is 0 Å². The molecule has 2 N–H and O–H groups in total. The highest BCUT2D eigenvalue weighted by Crippen LogP contribution is 2.29. The predicted molar refractivity (Wildman–Crippen MR) is 534 cm³/mol. The first-order valence-electron chi connectivity index (χ1n) is 36.3. The highest BCUT2D eigenvalue weighted by Gasteiger charge is 2.35. The number of H-pyrrole nitrogens is 1. The Morgan fingerprint density at radius 2 is 0.661 bits per heavy atom. The summed E-state index contributed by atoms with van der Waals surface area (Å²) in [6, 6.07) is 15.1. The molecule has 0 saturated carbocycles. The monoisotopic (exact) mass is 1850 g/mol. The molecule has 0 aliphatic carbocycles. The van der Waals surface area contributed by atoms with Crippen LogP contribution in [0.25, 0.3) is 0 Å². The summed E-state index contributed by atoms with van der Waals surface area (Å²) in [5, 5.41) is 5.28. The Morgan fingerprint density at radius 1 is 0.393 bits per heavy atom. The van der Waals surface area contributed by atoms with Gasteiger partial charge in [0.25, 0.3) is 0 Å². The lowest BCUT2D eigenvalue weighted by Gasteiger charge is -2.34. The van der Waals surface area contributed by atoms with Crippen LogP contribution in [0.1, 0.15) is 151 Å². The highest BCUT2D eigenvalue weighted by atomic mass is 35.6. The zero-order chi connectivity index (χ0) is 80.4. The second-order valence-corrected chi connectivity index (χ2v) is 83.2. The molecule has 0 fully saturated rings. The molecule has 4 rings (SSSR count). The van der Waals surface area contributed by atoms with Crippen molar-refractivity contribution in [1.29, 1.82) is 0 Å². The van der Waals surface area contributed by atoms with Gasteiger partial charge >= 0.3 is 0 Å². The van der Waals surface area contributed by atoms with E-state index in [0.717, 1.165) is 127 Å². The van der Waals surface area contributed by atoms with Crippen LogP contribution >= 0.6 is 69.7 Å². The second-order valence-electron chi connectivity index (χ2n) is 31.4. The smallest absolute Gasteiger partial charge is 0.216 e. The first-order valence-corrected chi connectivity index (χ1v) is 72.7. The summed E-state index contributed by atoms with van der Waals surface area (Å²) in [5.74, 6) is 3.96. The maximum atomic E-state index is 11.0. The molecule has 4 aromatic rings. The number of thioether (sulfide) groups is 3. The zero-order valence-corrected chi connectivity index (χ0v) is 83.2. The van der Waals surface area contributed by atoms with Gasteiger partial charge in [-0.25, -0.2) is 34.9 Å². The van der Waals surface area contributed by atoms with Gasteiger partial charge < -0.3 is 41.1 Å². The molecule has 0 bridgehead atoms. The van der Waals surface area contributed by atoms with E-state index in [-0.39, 0.29) is 76.9 Å². The normalized spacial score (nSPS) is 11.1. The third-order valence-electron chi connectivity index (χ3n) is 14.6. The molecular weight excluding hydrogens is 1680 g/mol. The summed E-state index contributed by atoms with van der Waals surface area (Å²) < 4.78 is 26.0. The van der Waals surface area contributed by atoms with E-state index >= 15 is 0 Å². The number of amides is 1. The van der Waals surface area contributed by atoms with Crippen molar-refractivity contribution in [3.8, 4) is 0 Å². The van der Waals surface area contributed by atoms with Gasteiger partial charge in [0.2, 0.25) is 5.91 Å². The first-order chi connectivity index (χ1) is 47.8. The van der Waals surface area contributed by atoms with Crippen LogP contribution in [-0.4, -0.2) is 168 Å². The number of aromatic amines is 1. The Morgan fingerprint density at radius 3 is 0.902 bits per heavy atom. The van der Waals surface area contributed by atoms with Gasteiger partial charge in [0, 0.05) is 93.8 Å². The Hall–Kier alpha value is -2.12. The maximum absolute atomic E-state index is 11.0. The van der Waals surface area contributed by atoms with Gasteiger partial charge in [0.05, 0.1) is 0 Å². The van der Waals surface area contributed by atoms with Crippen molar-refractivity contribution in [3.05, 3.63) is 115 Å². The topological polar surface area (TPSA) is 223 Å². The largest absolute Gasteiger partial charge is 0.455 e. The Labute approximate surface area is 728 Å². The van der Waals surface area contributed by atoms with Crippen LogP contribution in [0.5, 0.6) is 0 Å². The number of halogens is 2. The summed E-state index contributed by atoms with van der Waals surface area (Å²) in [5.41, 5.74) is 5.94. The van der Waals surface area contributed by atoms with Crippen LogP contribution in [-0.2, 0) is 35.6 Å². The van der Waals surface area contributed by atoms with Gasteiger partial charge in [0.15, 0.2) is 102 Å². The van der Waals surface area contributed by atoms with E-state index < -0.39 is 81.3 Å². The number of Topliss-reactive ketones (excluding diaryl/α,β-unsaturated/α-hetero) is 3. The number of nitrogens with one attached hydrogen (secondary N) is 2. The fourth-order valence-corrected chi connectivity index (χ4v) is 49.5. The molecule has 17 nitrogen and oxygen atoms in total. The zero-order valence-electron chi connectivity index (χ0n) is 68.4. The Kier molecular flexibility index (Phi) is 84.1. The molecule has 4 aromatic heterocycles. The molecule has 0 saturated heterocycles. The molecule has 0 atom stereocenters. The molecular formula is C79H169Cl2N9O8S4Si10. The SMILES string of the molecule is C.C.C.C.C.C.C.C.C=C[Si](C)(C)O[Si](C)(C)C=C.C=C[Si](C)(C)O[Si](C)(C)CCSc1ncccn1.CC(=O)CCCC[Si](C)(C)O[Si](C)(C)CCCCC(C)=O.CC(=O)CCCC[Si](C)(C)O[Si](C)(C)CCSc1ncccn1.CC(=O)NCCC[Si](C)(C)Cl.C[Si](C)(Cl)CCSc1ncccn1.S=c1nccc[nH]1. The number of nitrogens with zero attached hydrogens (tertiary/aromatic N) is 7. The average Bonchev–Trinajstić information content (AvgIpc) is 0.883. The molecule has 33 heteroatoms. The number of carbonyl (C=O) groups excluding carboxylic acids is 4. The van der Waals surface area contributed by atoms with Crippen LogP contribution in [0.15, 0.2) is 126 Å². The summed E-state index contributed by atoms with van der Waals surface area (Å²) in [6.45, 7) is 63.2. The van der Waals surface area contributed by atoms with Gasteiger partial charge in [-0.05, 0) is 236 Å². The van der Waals surface area contributed by atoms with Gasteiger partial charge in [-0.1, -0.05) is 157 Å². The van der Waals surface area contributed by atoms with Gasteiger partial charge in [-0.15, -0.1) is 19.7 Å². The molecule has 0 radical (unpaired) electrons. The molecule has 656 valence electrons. The predicted octanol–water partition coefficient (Wildman–Crippen LogP) is 27.5. The first kappa shape index (κ1) is 133. The van der Waals surface area contributed by atoms with E-state index in [1.54, 1.807) is 112 Å². The van der Waals surface area contributed by atoms with Gasteiger partial charge in [-0.3, -0.25) is 4.79 Å². The molecule has 0 aliphatic rings. The van der Waals surface area contributed by atoms with Crippen LogP contribution in [0.4, 0.5) is 0 Å². The van der Waals surface area contributed by atoms with Crippen molar-refractivity contribution in [2.45, 2.75) is 340 Å². The van der Waals surface area contributed by atoms with E-state index in [4.69, 9.17) is 38.6 Å². The number of ketones is 3. The van der Waals surface area contributed by atoms with Crippen molar-refractivity contribution in [3.63, 3.8) is 0 Å². The lowest BCUT2D eigenvalue weighted by atomic mass is 10.2. The lowest BCUT2D eigenvalue weighted by molar-refractivity contribution is -0.119. The molecule has 1 amide bonds. The number of unbranched alkanes of at least 4 members (excludes halogenated alkanes) is 3. The molecule has 4 heterocycles. The van der Waals surface area contributed by atoms with Gasteiger partial charge in [0.1, 0.15) is 17.3 Å². The summed E-state index contributed by atoms with van der Waals surface area (Å²) in [4.78, 5) is 75.0. The quantitative estimate of drug-likeness (QED) is 0.0105. The van der Waals surface area contributed by atoms with E-state index in [0.29, 0.717) is 29.8 Å². The number of carbonyl (C=O) groups is 4. The number of rotatable bonds is 42. The second kappa shape index (κ2) is 70.7. The minimum Gasteiger partial charge on any atom is -0.455 e. The third-order valence-corrected chi connectivity index (χ3v) is 50.6. The van der Waals surface area contributed by atoms with Gasteiger partial charge in [-0.2, -0.15) is 22.2 Å². The lowest BCUT2D eigenvalue weighted by Crippen LogP contribution is -2.44. The van der Waals surface area contributed by atoms with Crippen LogP contribution in [0.2, 0.25) is 173 Å². The number of hydrogen-bond acceptors (Lipinski definition) is 19. The highest BCUT2D eigenvalue weighted by molar-refractivity contribution is 7.99. The van der Waals surface area contributed by atoms with Crippen molar-refractivity contribution in [2.75, 3.05) is 23.8 Å². The fraction of sp³-hybridized carbons (Fsp3) is 0.671. The average molecular weight is 1850 g/mol. The van der Waals surface area contributed by atoms with Crippen LogP contribution in [0.3, 0.4) is 0 Å². The molecule has 0 spiro atoms. The van der Waals surface area contributed by atoms with Crippen molar-refractivity contribution < 1.29 is 35.6 Å². The Bertz CT molecular complexity index is 3000. The fourth-order valence-electron chi connectivity index (χ4n) is 9.36. The van der Waals surface area contributed by atoms with Crippen molar-refractivity contribution in [1.82, 2.24) is 45.2 Å². The maximum Gasteiger partial charge on any atom is 0.216 e. The van der Waals surface area contributed by atoms with Crippen LogP contribution < -0.4 is 5.32 Å².